The first-order valence-electron chi connectivity index (χ1n) is 5.83. The first-order valence-corrected chi connectivity index (χ1v) is 5.83. The summed E-state index contributed by atoms with van der Waals surface area (Å²) in [5, 5.41) is 0. The fourth-order valence-corrected chi connectivity index (χ4v) is 1.37. The van der Waals surface area contributed by atoms with Crippen LogP contribution >= 0.6 is 0 Å². The third kappa shape index (κ3) is 4.02. The zero-order valence-electron chi connectivity index (χ0n) is 10.5. The summed E-state index contributed by atoms with van der Waals surface area (Å²) in [6.45, 7) is 6.10. The second-order valence-corrected chi connectivity index (χ2v) is 4.18. The third-order valence-corrected chi connectivity index (χ3v) is 2.47. The molecular weight excluding hydrogens is 216 g/mol. The molecule has 0 aliphatic heterocycles. The monoisotopic (exact) mass is 234 g/mol. The Balaban J connectivity index is 2.66. The number of hydrogen-bond donors (Lipinski definition) is 0. The van der Waals surface area contributed by atoms with Gasteiger partial charge in [0, 0.05) is 11.5 Å². The first-order chi connectivity index (χ1) is 8.04. The van der Waals surface area contributed by atoms with Crippen molar-refractivity contribution in [2.75, 3.05) is 6.61 Å². The summed E-state index contributed by atoms with van der Waals surface area (Å²) in [5.74, 6) is 0.483. The number of ether oxygens (including phenoxy) is 1. The molecule has 0 amide bonds. The SMILES string of the molecule is CCOc1ccc(C(=O)CC(=O)C(C)C)cc1. The molecule has 0 spiro atoms. The van der Waals surface area contributed by atoms with Crippen LogP contribution in [0.3, 0.4) is 0 Å². The molecule has 0 unspecified atom stereocenters. The van der Waals surface area contributed by atoms with Gasteiger partial charge >= 0.3 is 0 Å². The minimum Gasteiger partial charge on any atom is -0.494 e. The molecule has 1 aromatic carbocycles. The van der Waals surface area contributed by atoms with Crippen molar-refractivity contribution in [3.8, 4) is 5.75 Å². The van der Waals surface area contributed by atoms with Crippen LogP contribution in [-0.4, -0.2) is 18.2 Å². The van der Waals surface area contributed by atoms with E-state index in [1.807, 2.05) is 6.92 Å². The summed E-state index contributed by atoms with van der Waals surface area (Å²) >= 11 is 0. The standard InChI is InChI=1S/C14H18O3/c1-4-17-12-7-5-11(6-8-12)14(16)9-13(15)10(2)3/h5-8,10H,4,9H2,1-3H3. The topological polar surface area (TPSA) is 43.4 Å². The minimum absolute atomic E-state index is 0.0222. The molecule has 0 saturated carbocycles. The van der Waals surface area contributed by atoms with Crippen molar-refractivity contribution in [3.05, 3.63) is 29.8 Å². The molecule has 0 aromatic heterocycles. The van der Waals surface area contributed by atoms with Gasteiger partial charge in [0.15, 0.2) is 5.78 Å². The second kappa shape index (κ2) is 6.18. The summed E-state index contributed by atoms with van der Waals surface area (Å²) < 4.78 is 5.28. The fraction of sp³-hybridized carbons (Fsp3) is 0.429. The lowest BCUT2D eigenvalue weighted by Gasteiger charge is -2.05. The quantitative estimate of drug-likeness (QED) is 0.561. The third-order valence-electron chi connectivity index (χ3n) is 2.47. The van der Waals surface area contributed by atoms with Gasteiger partial charge in [0.2, 0.25) is 0 Å². The Bertz CT molecular complexity index is 390. The molecule has 1 aromatic rings. The largest absolute Gasteiger partial charge is 0.494 e. The van der Waals surface area contributed by atoms with Crippen molar-refractivity contribution < 1.29 is 14.3 Å². The molecule has 0 aliphatic rings. The van der Waals surface area contributed by atoms with Gasteiger partial charge in [-0.25, -0.2) is 0 Å². The van der Waals surface area contributed by atoms with Crippen LogP contribution in [0.1, 0.15) is 37.6 Å². The van der Waals surface area contributed by atoms with E-state index in [1.54, 1.807) is 38.1 Å². The van der Waals surface area contributed by atoms with Gasteiger partial charge in [-0.05, 0) is 31.2 Å². The molecule has 0 N–H and O–H groups in total. The van der Waals surface area contributed by atoms with Crippen molar-refractivity contribution >= 4 is 11.6 Å². The Hall–Kier alpha value is -1.64. The van der Waals surface area contributed by atoms with Gasteiger partial charge in [-0.2, -0.15) is 0 Å². The van der Waals surface area contributed by atoms with E-state index in [-0.39, 0.29) is 23.9 Å². The molecule has 1 rings (SSSR count). The van der Waals surface area contributed by atoms with E-state index < -0.39 is 0 Å². The van der Waals surface area contributed by atoms with Crippen LogP contribution in [0.2, 0.25) is 0 Å². The lowest BCUT2D eigenvalue weighted by molar-refractivity contribution is -0.121. The smallest absolute Gasteiger partial charge is 0.170 e. The summed E-state index contributed by atoms with van der Waals surface area (Å²) in [6, 6.07) is 6.88. The molecule has 3 heteroatoms. The number of hydrogen-bond acceptors (Lipinski definition) is 3. The summed E-state index contributed by atoms with van der Waals surface area (Å²) in [7, 11) is 0. The molecule has 0 fully saturated rings. The molecule has 17 heavy (non-hydrogen) atoms. The van der Waals surface area contributed by atoms with Crippen LogP contribution < -0.4 is 4.74 Å². The normalized spacial score (nSPS) is 10.4. The predicted octanol–water partition coefficient (Wildman–Crippen LogP) is 2.88. The van der Waals surface area contributed by atoms with Gasteiger partial charge in [-0.15, -0.1) is 0 Å². The molecule has 0 atom stereocenters. The van der Waals surface area contributed by atoms with Crippen molar-refractivity contribution in [1.82, 2.24) is 0 Å². The Morgan fingerprint density at radius 1 is 1.18 bits per heavy atom. The van der Waals surface area contributed by atoms with Gasteiger partial charge < -0.3 is 4.74 Å². The zero-order valence-corrected chi connectivity index (χ0v) is 10.5. The van der Waals surface area contributed by atoms with Gasteiger partial charge in [0.05, 0.1) is 13.0 Å². The Morgan fingerprint density at radius 2 is 1.76 bits per heavy atom. The Morgan fingerprint density at radius 3 is 2.24 bits per heavy atom. The molecule has 0 aliphatic carbocycles. The van der Waals surface area contributed by atoms with E-state index in [0.29, 0.717) is 12.2 Å². The fourth-order valence-electron chi connectivity index (χ4n) is 1.37. The van der Waals surface area contributed by atoms with Crippen LogP contribution in [0.4, 0.5) is 0 Å². The van der Waals surface area contributed by atoms with Crippen molar-refractivity contribution in [3.63, 3.8) is 0 Å². The van der Waals surface area contributed by atoms with Crippen molar-refractivity contribution in [1.29, 1.82) is 0 Å². The molecule has 0 saturated heterocycles. The maximum Gasteiger partial charge on any atom is 0.170 e. The van der Waals surface area contributed by atoms with E-state index in [4.69, 9.17) is 4.74 Å². The average Bonchev–Trinajstić information content (AvgIpc) is 2.30. The van der Waals surface area contributed by atoms with Crippen LogP contribution in [-0.2, 0) is 4.79 Å². The molecule has 0 heterocycles. The maximum absolute atomic E-state index is 11.8. The van der Waals surface area contributed by atoms with Gasteiger partial charge in [-0.3, -0.25) is 9.59 Å². The highest BCUT2D eigenvalue weighted by atomic mass is 16.5. The van der Waals surface area contributed by atoms with E-state index in [1.165, 1.54) is 0 Å². The number of rotatable bonds is 6. The van der Waals surface area contributed by atoms with E-state index >= 15 is 0 Å². The Labute approximate surface area is 102 Å². The summed E-state index contributed by atoms with van der Waals surface area (Å²) in [6.07, 6.45) is -0.0222. The summed E-state index contributed by atoms with van der Waals surface area (Å²) in [4.78, 5) is 23.2. The lowest BCUT2D eigenvalue weighted by atomic mass is 10.00. The molecule has 3 nitrogen and oxygen atoms in total. The predicted molar refractivity (Wildman–Crippen MR) is 66.4 cm³/mol. The number of benzene rings is 1. The van der Waals surface area contributed by atoms with E-state index in [9.17, 15) is 9.59 Å². The van der Waals surface area contributed by atoms with Crippen LogP contribution in [0, 0.1) is 5.92 Å². The van der Waals surface area contributed by atoms with Gasteiger partial charge in [0.1, 0.15) is 11.5 Å². The average molecular weight is 234 g/mol. The van der Waals surface area contributed by atoms with E-state index in [2.05, 4.69) is 0 Å². The van der Waals surface area contributed by atoms with Crippen LogP contribution in [0.5, 0.6) is 5.75 Å². The molecule has 92 valence electrons. The molecule has 0 bridgehead atoms. The lowest BCUT2D eigenvalue weighted by Crippen LogP contribution is -2.13. The minimum atomic E-state index is -0.133. The number of carbonyl (C=O) groups is 2. The highest BCUT2D eigenvalue weighted by Gasteiger charge is 2.14. The number of ketones is 2. The zero-order chi connectivity index (χ0) is 12.8. The molecular formula is C14H18O3. The number of Topliss-reactive ketones (excluding diaryl/α,β-unsaturated/α-hetero) is 2. The molecule has 0 radical (unpaired) electrons. The van der Waals surface area contributed by atoms with Gasteiger partial charge in [0.25, 0.3) is 0 Å². The summed E-state index contributed by atoms with van der Waals surface area (Å²) in [5.41, 5.74) is 0.558. The number of carbonyl (C=O) groups excluding carboxylic acids is 2. The highest BCUT2D eigenvalue weighted by molar-refractivity contribution is 6.08. The van der Waals surface area contributed by atoms with Crippen LogP contribution in [0.15, 0.2) is 24.3 Å². The first kappa shape index (κ1) is 13.4. The van der Waals surface area contributed by atoms with Crippen molar-refractivity contribution in [2.24, 2.45) is 5.92 Å². The Kier molecular flexibility index (Phi) is 4.88. The van der Waals surface area contributed by atoms with Crippen molar-refractivity contribution in [2.45, 2.75) is 27.2 Å². The van der Waals surface area contributed by atoms with Crippen LogP contribution in [0.25, 0.3) is 0 Å². The van der Waals surface area contributed by atoms with E-state index in [0.717, 1.165) is 5.75 Å². The van der Waals surface area contributed by atoms with Gasteiger partial charge in [-0.1, -0.05) is 13.8 Å². The highest BCUT2D eigenvalue weighted by Crippen LogP contribution is 2.14. The second-order valence-electron chi connectivity index (χ2n) is 4.18. The maximum atomic E-state index is 11.8.